The lowest BCUT2D eigenvalue weighted by Gasteiger charge is -2.07. The van der Waals surface area contributed by atoms with Crippen LogP contribution in [0.2, 0.25) is 0 Å². The van der Waals surface area contributed by atoms with Gasteiger partial charge in [0, 0.05) is 18.2 Å². The molecule has 0 N–H and O–H groups in total. The number of hydrogen-bond donors (Lipinski definition) is 0. The summed E-state index contributed by atoms with van der Waals surface area (Å²) in [6.07, 6.45) is 5.96. The molecule has 1 saturated carbocycles. The molecule has 66 valence electrons. The standard InChI is InChI=1S/C10H16N2/c1-3-8(2)12-7-6-10(11-12)9-4-5-9/h6-9H,3-5H2,1-2H3/t8-/m1/s1. The summed E-state index contributed by atoms with van der Waals surface area (Å²) in [5, 5.41) is 4.56. The second-order valence-electron chi connectivity index (χ2n) is 3.75. The molecular formula is C10H16N2. The van der Waals surface area contributed by atoms with Crippen molar-refractivity contribution in [3.05, 3.63) is 18.0 Å². The normalized spacial score (nSPS) is 19.5. The summed E-state index contributed by atoms with van der Waals surface area (Å²) in [5.41, 5.74) is 1.30. The van der Waals surface area contributed by atoms with Crippen LogP contribution in [0.15, 0.2) is 12.3 Å². The van der Waals surface area contributed by atoms with Gasteiger partial charge in [0.15, 0.2) is 0 Å². The van der Waals surface area contributed by atoms with Crippen LogP contribution in [0.4, 0.5) is 0 Å². The van der Waals surface area contributed by atoms with Crippen LogP contribution in [0.5, 0.6) is 0 Å². The topological polar surface area (TPSA) is 17.8 Å². The Balaban J connectivity index is 2.12. The maximum absolute atomic E-state index is 4.56. The molecule has 0 bridgehead atoms. The van der Waals surface area contributed by atoms with Crippen LogP contribution >= 0.6 is 0 Å². The predicted octanol–water partition coefficient (Wildman–Crippen LogP) is 2.73. The summed E-state index contributed by atoms with van der Waals surface area (Å²) < 4.78 is 2.09. The van der Waals surface area contributed by atoms with E-state index in [0.717, 1.165) is 12.3 Å². The fourth-order valence-electron chi connectivity index (χ4n) is 1.38. The SMILES string of the molecule is CC[C@@H](C)n1ccc(C2CC2)n1. The van der Waals surface area contributed by atoms with Gasteiger partial charge in [-0.1, -0.05) is 6.92 Å². The average molecular weight is 164 g/mol. The summed E-state index contributed by atoms with van der Waals surface area (Å²) in [7, 11) is 0. The minimum Gasteiger partial charge on any atom is -0.270 e. The van der Waals surface area contributed by atoms with E-state index < -0.39 is 0 Å². The zero-order chi connectivity index (χ0) is 8.55. The van der Waals surface area contributed by atoms with E-state index in [-0.39, 0.29) is 0 Å². The fraction of sp³-hybridized carbons (Fsp3) is 0.700. The maximum Gasteiger partial charge on any atom is 0.0655 e. The molecule has 2 nitrogen and oxygen atoms in total. The minimum atomic E-state index is 0.553. The smallest absolute Gasteiger partial charge is 0.0655 e. The van der Waals surface area contributed by atoms with Gasteiger partial charge >= 0.3 is 0 Å². The molecule has 0 aromatic carbocycles. The number of aromatic nitrogens is 2. The molecule has 2 rings (SSSR count). The van der Waals surface area contributed by atoms with Gasteiger partial charge in [0.25, 0.3) is 0 Å². The van der Waals surface area contributed by atoms with E-state index >= 15 is 0 Å². The van der Waals surface area contributed by atoms with Crippen molar-refractivity contribution in [1.82, 2.24) is 9.78 Å². The Morgan fingerprint density at radius 1 is 1.67 bits per heavy atom. The van der Waals surface area contributed by atoms with Crippen molar-refractivity contribution in [1.29, 1.82) is 0 Å². The molecule has 0 saturated heterocycles. The predicted molar refractivity (Wildman–Crippen MR) is 49.2 cm³/mol. The fourth-order valence-corrected chi connectivity index (χ4v) is 1.38. The lowest BCUT2D eigenvalue weighted by molar-refractivity contribution is 0.474. The highest BCUT2D eigenvalue weighted by atomic mass is 15.3. The molecule has 1 heterocycles. The lowest BCUT2D eigenvalue weighted by atomic mass is 10.3. The first-order valence-corrected chi connectivity index (χ1v) is 4.86. The third-order valence-corrected chi connectivity index (χ3v) is 2.67. The van der Waals surface area contributed by atoms with Crippen LogP contribution in [0.1, 0.15) is 50.8 Å². The van der Waals surface area contributed by atoms with Gasteiger partial charge < -0.3 is 0 Å². The second-order valence-corrected chi connectivity index (χ2v) is 3.75. The van der Waals surface area contributed by atoms with E-state index in [2.05, 4.69) is 35.9 Å². The lowest BCUT2D eigenvalue weighted by Crippen LogP contribution is -2.04. The Bertz CT molecular complexity index is 261. The highest BCUT2D eigenvalue weighted by Crippen LogP contribution is 2.39. The summed E-state index contributed by atoms with van der Waals surface area (Å²) in [6, 6.07) is 2.72. The second kappa shape index (κ2) is 2.92. The Kier molecular flexibility index (Phi) is 1.91. The molecule has 1 atom stereocenters. The first-order chi connectivity index (χ1) is 5.81. The van der Waals surface area contributed by atoms with Gasteiger partial charge in [-0.15, -0.1) is 0 Å². The van der Waals surface area contributed by atoms with E-state index in [4.69, 9.17) is 0 Å². The molecule has 1 aromatic heterocycles. The average Bonchev–Trinajstić information content (AvgIpc) is 2.83. The molecule has 0 unspecified atom stereocenters. The quantitative estimate of drug-likeness (QED) is 0.671. The van der Waals surface area contributed by atoms with Crippen molar-refractivity contribution < 1.29 is 0 Å². The van der Waals surface area contributed by atoms with Crippen molar-refractivity contribution in [3.8, 4) is 0 Å². The van der Waals surface area contributed by atoms with Gasteiger partial charge in [0.2, 0.25) is 0 Å². The molecule has 0 aliphatic heterocycles. The van der Waals surface area contributed by atoms with Crippen molar-refractivity contribution in [2.24, 2.45) is 0 Å². The van der Waals surface area contributed by atoms with Gasteiger partial charge in [-0.2, -0.15) is 5.10 Å². The Hall–Kier alpha value is -0.790. The summed E-state index contributed by atoms with van der Waals surface area (Å²) in [4.78, 5) is 0. The third kappa shape index (κ3) is 1.38. The van der Waals surface area contributed by atoms with E-state index in [1.807, 2.05) is 0 Å². The van der Waals surface area contributed by atoms with Crippen LogP contribution in [0, 0.1) is 0 Å². The number of hydrogen-bond acceptors (Lipinski definition) is 1. The highest BCUT2D eigenvalue weighted by Gasteiger charge is 2.25. The van der Waals surface area contributed by atoms with E-state index in [0.29, 0.717) is 6.04 Å². The third-order valence-electron chi connectivity index (χ3n) is 2.67. The molecule has 0 radical (unpaired) electrons. The summed E-state index contributed by atoms with van der Waals surface area (Å²) >= 11 is 0. The van der Waals surface area contributed by atoms with Gasteiger partial charge in [0.05, 0.1) is 5.69 Å². The van der Waals surface area contributed by atoms with Crippen LogP contribution in [-0.2, 0) is 0 Å². The first kappa shape index (κ1) is 7.84. The van der Waals surface area contributed by atoms with Gasteiger partial charge in [-0.25, -0.2) is 0 Å². The largest absolute Gasteiger partial charge is 0.270 e. The number of nitrogens with zero attached hydrogens (tertiary/aromatic N) is 2. The first-order valence-electron chi connectivity index (χ1n) is 4.86. The monoisotopic (exact) mass is 164 g/mol. The van der Waals surface area contributed by atoms with E-state index in [1.165, 1.54) is 18.5 Å². The summed E-state index contributed by atoms with van der Waals surface area (Å²) in [5.74, 6) is 0.787. The van der Waals surface area contributed by atoms with E-state index in [1.54, 1.807) is 0 Å². The molecule has 1 fully saturated rings. The molecular weight excluding hydrogens is 148 g/mol. The van der Waals surface area contributed by atoms with Crippen LogP contribution in [-0.4, -0.2) is 9.78 Å². The van der Waals surface area contributed by atoms with Crippen molar-refractivity contribution in [3.63, 3.8) is 0 Å². The van der Waals surface area contributed by atoms with Crippen molar-refractivity contribution in [2.75, 3.05) is 0 Å². The molecule has 1 aromatic rings. The zero-order valence-corrected chi connectivity index (χ0v) is 7.83. The van der Waals surface area contributed by atoms with Gasteiger partial charge in [-0.05, 0) is 32.3 Å². The van der Waals surface area contributed by atoms with Gasteiger partial charge in [0.1, 0.15) is 0 Å². The molecule has 12 heavy (non-hydrogen) atoms. The molecule has 0 amide bonds. The van der Waals surface area contributed by atoms with Crippen LogP contribution in [0.3, 0.4) is 0 Å². The maximum atomic E-state index is 4.56. The van der Waals surface area contributed by atoms with E-state index in [9.17, 15) is 0 Å². The molecule has 1 aliphatic rings. The molecule has 0 spiro atoms. The molecule has 1 aliphatic carbocycles. The highest BCUT2D eigenvalue weighted by molar-refractivity contribution is 5.12. The van der Waals surface area contributed by atoms with Crippen LogP contribution < -0.4 is 0 Å². The Morgan fingerprint density at radius 3 is 3.00 bits per heavy atom. The van der Waals surface area contributed by atoms with Crippen LogP contribution in [0.25, 0.3) is 0 Å². The molecule has 2 heteroatoms. The zero-order valence-electron chi connectivity index (χ0n) is 7.83. The van der Waals surface area contributed by atoms with Crippen molar-refractivity contribution in [2.45, 2.75) is 45.1 Å². The Labute approximate surface area is 73.6 Å². The van der Waals surface area contributed by atoms with Crippen molar-refractivity contribution >= 4 is 0 Å². The number of rotatable bonds is 3. The summed E-state index contributed by atoms with van der Waals surface area (Å²) in [6.45, 7) is 4.41. The Morgan fingerprint density at radius 2 is 2.42 bits per heavy atom. The van der Waals surface area contributed by atoms with Gasteiger partial charge in [-0.3, -0.25) is 4.68 Å². The minimum absolute atomic E-state index is 0.553.